The summed E-state index contributed by atoms with van der Waals surface area (Å²) in [6.45, 7) is 3.94. The van der Waals surface area contributed by atoms with E-state index >= 15 is 0 Å². The molecule has 9 heteroatoms. The first kappa shape index (κ1) is 25.3. The van der Waals surface area contributed by atoms with Crippen LogP contribution in [0.25, 0.3) is 16.6 Å². The smallest absolute Gasteiger partial charge is 0.393 e. The van der Waals surface area contributed by atoms with Crippen LogP contribution in [0.4, 0.5) is 18.9 Å². The summed E-state index contributed by atoms with van der Waals surface area (Å²) < 4.78 is 42.5. The predicted octanol–water partition coefficient (Wildman–Crippen LogP) is 5.62. The number of aliphatic hydroxyl groups excluding tert-OH is 1. The van der Waals surface area contributed by atoms with Crippen molar-refractivity contribution in [1.82, 2.24) is 4.57 Å². The molecular formula is C28H30F3N3O3. The van der Waals surface area contributed by atoms with Gasteiger partial charge in [0.2, 0.25) is 0 Å². The van der Waals surface area contributed by atoms with E-state index in [4.69, 9.17) is 5.73 Å². The van der Waals surface area contributed by atoms with Crippen molar-refractivity contribution >= 4 is 28.3 Å². The number of fused-ring (bicyclic) bond motifs is 3. The number of carbonyl (C=O) groups excluding carboxylic acids is 2. The first-order valence-corrected chi connectivity index (χ1v) is 12.5. The quantitative estimate of drug-likeness (QED) is 0.422. The highest BCUT2D eigenvalue weighted by molar-refractivity contribution is 6.11. The molecule has 0 bridgehead atoms. The lowest BCUT2D eigenvalue weighted by Crippen LogP contribution is -2.29. The zero-order valence-corrected chi connectivity index (χ0v) is 20.8. The first-order chi connectivity index (χ1) is 17.3. The molecule has 37 heavy (non-hydrogen) atoms. The van der Waals surface area contributed by atoms with Gasteiger partial charge in [-0.25, -0.2) is 0 Å². The molecule has 0 spiro atoms. The SMILES string of the molecule is CC1(C)CC(=O)c2c(n(-c3ccc(C(N)=O)c(NC4CCC(O)CC4)c3)c3ccc(C(F)(F)F)cc23)C1. The van der Waals surface area contributed by atoms with E-state index in [-0.39, 0.29) is 35.2 Å². The number of anilines is 1. The van der Waals surface area contributed by atoms with E-state index < -0.39 is 17.6 Å². The molecule has 1 heterocycles. The highest BCUT2D eigenvalue weighted by atomic mass is 19.4. The molecule has 2 aliphatic carbocycles. The van der Waals surface area contributed by atoms with Gasteiger partial charge < -0.3 is 20.7 Å². The number of amides is 1. The van der Waals surface area contributed by atoms with Crippen LogP contribution in [0.3, 0.4) is 0 Å². The highest BCUT2D eigenvalue weighted by Gasteiger charge is 2.38. The van der Waals surface area contributed by atoms with Crippen LogP contribution >= 0.6 is 0 Å². The Morgan fingerprint density at radius 2 is 1.78 bits per heavy atom. The average molecular weight is 514 g/mol. The van der Waals surface area contributed by atoms with Crippen molar-refractivity contribution < 1.29 is 27.9 Å². The first-order valence-electron chi connectivity index (χ1n) is 12.5. The predicted molar refractivity (Wildman–Crippen MR) is 135 cm³/mol. The van der Waals surface area contributed by atoms with Gasteiger partial charge in [0.25, 0.3) is 5.91 Å². The molecule has 2 aromatic carbocycles. The van der Waals surface area contributed by atoms with Gasteiger partial charge in [0.15, 0.2) is 5.78 Å². The summed E-state index contributed by atoms with van der Waals surface area (Å²) >= 11 is 0. The summed E-state index contributed by atoms with van der Waals surface area (Å²) in [5.41, 5.74) is 7.43. The van der Waals surface area contributed by atoms with Gasteiger partial charge in [-0.1, -0.05) is 13.8 Å². The molecule has 1 fully saturated rings. The lowest BCUT2D eigenvalue weighted by molar-refractivity contribution is -0.137. The van der Waals surface area contributed by atoms with Crippen LogP contribution in [-0.4, -0.2) is 33.5 Å². The Labute approximate surface area is 212 Å². The van der Waals surface area contributed by atoms with E-state index in [9.17, 15) is 27.9 Å². The van der Waals surface area contributed by atoms with Crippen molar-refractivity contribution in [2.75, 3.05) is 5.32 Å². The number of benzene rings is 2. The largest absolute Gasteiger partial charge is 0.416 e. The summed E-state index contributed by atoms with van der Waals surface area (Å²) in [6, 6.07) is 8.63. The number of alkyl halides is 3. The molecule has 196 valence electrons. The highest BCUT2D eigenvalue weighted by Crippen LogP contribution is 2.43. The second-order valence-electron chi connectivity index (χ2n) is 11.1. The molecule has 4 N–H and O–H groups in total. The molecule has 6 nitrogen and oxygen atoms in total. The normalized spacial score (nSPS) is 21.6. The summed E-state index contributed by atoms with van der Waals surface area (Å²) in [5.74, 6) is -0.780. The Morgan fingerprint density at radius 1 is 1.08 bits per heavy atom. The van der Waals surface area contributed by atoms with Crippen LogP contribution in [0.15, 0.2) is 36.4 Å². The molecular weight excluding hydrogens is 483 g/mol. The van der Waals surface area contributed by atoms with Crippen molar-refractivity contribution in [1.29, 1.82) is 0 Å². The van der Waals surface area contributed by atoms with Gasteiger partial charge in [0.1, 0.15) is 0 Å². The van der Waals surface area contributed by atoms with Crippen LogP contribution in [-0.2, 0) is 12.6 Å². The zero-order chi connectivity index (χ0) is 26.7. The second kappa shape index (κ2) is 8.90. The fourth-order valence-corrected chi connectivity index (χ4v) is 5.78. The minimum Gasteiger partial charge on any atom is -0.393 e. The maximum absolute atomic E-state index is 13.6. The number of hydrogen-bond acceptors (Lipinski definition) is 4. The third-order valence-corrected chi connectivity index (χ3v) is 7.54. The molecule has 0 saturated heterocycles. The van der Waals surface area contributed by atoms with Crippen LogP contribution in [0, 0.1) is 5.41 Å². The number of primary amides is 1. The van der Waals surface area contributed by atoms with Crippen molar-refractivity contribution in [3.63, 3.8) is 0 Å². The van der Waals surface area contributed by atoms with Gasteiger partial charge in [-0.3, -0.25) is 9.59 Å². The molecule has 1 amide bonds. The molecule has 1 saturated carbocycles. The number of ketones is 1. The Bertz CT molecular complexity index is 1400. The number of rotatable bonds is 4. The number of hydrogen-bond donors (Lipinski definition) is 3. The van der Waals surface area contributed by atoms with E-state index in [0.717, 1.165) is 25.0 Å². The van der Waals surface area contributed by atoms with Crippen molar-refractivity contribution in [3.05, 3.63) is 58.8 Å². The van der Waals surface area contributed by atoms with E-state index in [1.807, 2.05) is 18.4 Å². The van der Waals surface area contributed by atoms with Gasteiger partial charge >= 0.3 is 6.18 Å². The summed E-state index contributed by atoms with van der Waals surface area (Å²) in [4.78, 5) is 25.4. The molecule has 0 radical (unpaired) electrons. The number of Topliss-reactive ketones (excluding diaryl/α,β-unsaturated/α-hetero) is 1. The maximum atomic E-state index is 13.6. The minimum absolute atomic E-state index is 0.0435. The number of nitrogens with one attached hydrogen (secondary N) is 1. The van der Waals surface area contributed by atoms with Crippen LogP contribution in [0.2, 0.25) is 0 Å². The lowest BCUT2D eigenvalue weighted by atomic mass is 9.75. The fourth-order valence-electron chi connectivity index (χ4n) is 5.78. The third kappa shape index (κ3) is 4.72. The standard InChI is InChI=1S/C28H30F3N3O3/c1-27(2)13-23-25(24(36)14-27)20-11-15(28(29,30)31)3-10-22(20)34(23)17-6-9-19(26(32)37)21(12-17)33-16-4-7-18(35)8-5-16/h3,6,9-12,16,18,33,35H,4-5,7-8,13-14H2,1-2H3,(H2,32,37). The maximum Gasteiger partial charge on any atom is 0.416 e. The monoisotopic (exact) mass is 513 g/mol. The third-order valence-electron chi connectivity index (χ3n) is 7.54. The number of nitrogens with two attached hydrogens (primary N) is 1. The zero-order valence-electron chi connectivity index (χ0n) is 20.8. The van der Waals surface area contributed by atoms with E-state index in [1.54, 1.807) is 18.2 Å². The van der Waals surface area contributed by atoms with E-state index in [0.29, 0.717) is 53.0 Å². The summed E-state index contributed by atoms with van der Waals surface area (Å²) in [7, 11) is 0. The number of aromatic nitrogens is 1. The summed E-state index contributed by atoms with van der Waals surface area (Å²) in [6.07, 6.45) is -1.35. The Hall–Kier alpha value is -3.33. The van der Waals surface area contributed by atoms with Gasteiger partial charge in [0.05, 0.1) is 22.7 Å². The van der Waals surface area contributed by atoms with Gasteiger partial charge in [-0.05, 0) is 73.9 Å². The number of halogens is 3. The number of carbonyl (C=O) groups is 2. The second-order valence-corrected chi connectivity index (χ2v) is 11.1. The van der Waals surface area contributed by atoms with Gasteiger partial charge in [0, 0.05) is 40.5 Å². The van der Waals surface area contributed by atoms with Crippen molar-refractivity contribution in [2.24, 2.45) is 11.1 Å². The fraction of sp³-hybridized carbons (Fsp3) is 0.429. The number of nitrogens with zero attached hydrogens (tertiary/aromatic N) is 1. The minimum atomic E-state index is -4.53. The van der Waals surface area contributed by atoms with Crippen molar-refractivity contribution in [2.45, 2.75) is 70.7 Å². The van der Waals surface area contributed by atoms with Crippen LogP contribution < -0.4 is 11.1 Å². The van der Waals surface area contributed by atoms with Crippen molar-refractivity contribution in [3.8, 4) is 5.69 Å². The molecule has 0 unspecified atom stereocenters. The number of aliphatic hydroxyl groups is 1. The average Bonchev–Trinajstić information content (AvgIpc) is 3.12. The van der Waals surface area contributed by atoms with Gasteiger partial charge in [-0.2, -0.15) is 13.2 Å². The van der Waals surface area contributed by atoms with Crippen LogP contribution in [0.5, 0.6) is 0 Å². The lowest BCUT2D eigenvalue weighted by Gasteiger charge is -2.30. The molecule has 3 aromatic rings. The molecule has 5 rings (SSSR count). The Morgan fingerprint density at radius 3 is 2.43 bits per heavy atom. The van der Waals surface area contributed by atoms with Crippen LogP contribution in [0.1, 0.15) is 77.9 Å². The molecule has 2 aliphatic rings. The molecule has 1 aromatic heterocycles. The van der Waals surface area contributed by atoms with Gasteiger partial charge in [-0.15, -0.1) is 0 Å². The van der Waals surface area contributed by atoms with E-state index in [2.05, 4.69) is 5.32 Å². The summed E-state index contributed by atoms with van der Waals surface area (Å²) in [5, 5.41) is 13.5. The Balaban J connectivity index is 1.69. The topological polar surface area (TPSA) is 97.4 Å². The molecule has 0 atom stereocenters. The molecule has 0 aliphatic heterocycles. The van der Waals surface area contributed by atoms with E-state index in [1.165, 1.54) is 6.07 Å². The Kier molecular flexibility index (Phi) is 6.09.